The molecule has 2 aromatic heterocycles. The van der Waals surface area contributed by atoms with Gasteiger partial charge < -0.3 is 80.1 Å². The summed E-state index contributed by atoms with van der Waals surface area (Å²) >= 11 is 0. The van der Waals surface area contributed by atoms with Crippen molar-refractivity contribution in [2.24, 2.45) is 23.7 Å². The molecule has 0 fully saturated rings. The molecule has 12 atom stereocenters. The Kier molecular flexibility index (Phi) is 40.8. The number of aromatic nitrogens is 3. The summed E-state index contributed by atoms with van der Waals surface area (Å²) in [6.07, 6.45) is 4.71. The van der Waals surface area contributed by atoms with E-state index in [1.54, 1.807) is 30.3 Å². The minimum atomic E-state index is -3.66. The van der Waals surface area contributed by atoms with Crippen molar-refractivity contribution in [2.75, 3.05) is 22.9 Å². The molecule has 23 nitrogen and oxygen atoms in total. The molecule has 2 aliphatic carbocycles. The van der Waals surface area contributed by atoms with Gasteiger partial charge in [-0.2, -0.15) is 0 Å². The number of aliphatic hydroxyl groups excluding tert-OH is 7. The summed E-state index contributed by atoms with van der Waals surface area (Å²) in [5.41, 5.74) is 6.99. The van der Waals surface area contributed by atoms with Crippen LogP contribution in [-0.2, 0) is 33.9 Å². The number of aliphatic hydroxyl groups is 7. The van der Waals surface area contributed by atoms with Gasteiger partial charge in [-0.25, -0.2) is 31.5 Å². The molecule has 8 N–H and O–H groups in total. The first kappa shape index (κ1) is 95.6. The van der Waals surface area contributed by atoms with E-state index in [0.29, 0.717) is 82.0 Å². The van der Waals surface area contributed by atoms with Crippen LogP contribution in [0.1, 0.15) is 152 Å². The summed E-state index contributed by atoms with van der Waals surface area (Å²) < 4.78 is 60.2. The Morgan fingerprint density at radius 3 is 1.69 bits per heavy atom. The topological polar surface area (TPSA) is 385 Å². The van der Waals surface area contributed by atoms with Crippen molar-refractivity contribution in [2.45, 2.75) is 173 Å². The zero-order valence-electron chi connectivity index (χ0n) is 62.1. The molecule has 2 heterocycles. The molecular formula is C78H94Ca2F2N5NaO18S+2. The third-order valence-corrected chi connectivity index (χ3v) is 19.0. The number of carboxylic acids is 3. The van der Waals surface area contributed by atoms with E-state index in [4.69, 9.17) is 4.74 Å². The SMILES string of the molecule is CC(C)c1nc(N(C)S(C)(=O)=O)nc(-c2ccc(F)cc2)c1/C=C/[C@@H](O)C[C@@H](O)CC(=O)[O-].CC(C)n1c(/C=C/[C@@H](O)C[C@@H](O)CC(=O)[O-])c(-c2ccc(F)cc2)c(-c2ccccc2)c1C(=O)Nc1ccccc1.CC[C@H](C)C(=O)O[C@H]1C[C@H](O)C=C2C=C[C@H](C)[C@H](CC[C@@H](O)C[C@@H](O)CC(=O)[O-])[C@H]21.[Ca+2].[Ca+2].[Na+]. The number of anilines is 2. The maximum atomic E-state index is 14.0. The summed E-state index contributed by atoms with van der Waals surface area (Å²) in [5, 5.41) is 106. The van der Waals surface area contributed by atoms with Crippen LogP contribution in [0.2, 0.25) is 0 Å². The number of ether oxygens (including phenoxy) is 1. The van der Waals surface area contributed by atoms with E-state index in [1.807, 2.05) is 107 Å². The van der Waals surface area contributed by atoms with Crippen molar-refractivity contribution < 1.29 is 127 Å². The number of aliphatic carboxylic acids is 3. The standard InChI is InChI=1S/C33H33FN2O5.C23H36O7.C22H28FN3O6S.2Ca.Na/c1-21(2)36-28(18-17-26(37)19-27(38)20-29(39)40)30(23-13-15-24(34)16-14-23)31(22-9-5-3-6-10-22)32(36)33(41)35-25-11-7-4-8-12-25;1-4-13(2)23(29)30-20-11-17(25)9-15-6-5-14(3)19(22(15)20)8-7-16(24)10-18(26)12-21(27)28;1-13(2)20-18(10-9-16(27)11-17(28)12-19(29)30)21(14-5-7-15(23)8-6-14)25-22(24-20)26(3)33(4,31)32;;;/h3-18,21,26-27,37-38H,19-20H2,1-2H3,(H,35,41)(H,39,40);5-6,9,13-14,16-20,22,24-26H,4,7-8,10-12H2,1-3H3,(H,27,28);5-10,13,16-17,27-28H,11-12H2,1-4H3,(H,29,30);;;/q;;;2*+2;+1/p-3/b18-17+;;10-9+;;;/t26-,27-;13-,14-,16+,17+,18+,19-,20-,22-;16-,17-;;;/m101.../s1. The number of para-hydroxylation sites is 1. The molecule has 107 heavy (non-hydrogen) atoms. The van der Waals surface area contributed by atoms with Crippen LogP contribution in [0.15, 0.2) is 145 Å². The smallest absolute Gasteiger partial charge is 0.550 e. The van der Waals surface area contributed by atoms with Crippen molar-refractivity contribution in [3.63, 3.8) is 0 Å². The van der Waals surface area contributed by atoms with Crippen molar-refractivity contribution in [3.8, 4) is 33.5 Å². The first-order chi connectivity index (χ1) is 49.1. The molecule has 29 heteroatoms. The fourth-order valence-corrected chi connectivity index (χ4v) is 12.8. The van der Waals surface area contributed by atoms with Gasteiger partial charge in [0.15, 0.2) is 0 Å². The molecule has 6 aromatic rings. The van der Waals surface area contributed by atoms with E-state index in [-0.39, 0.29) is 178 Å². The number of nitrogens with one attached hydrogen (secondary N) is 1. The number of sulfonamides is 1. The number of nitrogens with zero attached hydrogens (tertiary/aromatic N) is 4. The summed E-state index contributed by atoms with van der Waals surface area (Å²) in [6.45, 7) is 13.4. The summed E-state index contributed by atoms with van der Waals surface area (Å²) in [4.78, 5) is 67.3. The quantitative estimate of drug-likeness (QED) is 0.0228. The maximum Gasteiger partial charge on any atom is 2.00 e. The number of carbonyl (C=O) groups is 5. The molecule has 0 unspecified atom stereocenters. The summed E-state index contributed by atoms with van der Waals surface area (Å²) in [5.74, 6) is -5.91. The van der Waals surface area contributed by atoms with Gasteiger partial charge in [0, 0.05) is 109 Å². The number of hydrogen-bond donors (Lipinski definition) is 8. The van der Waals surface area contributed by atoms with E-state index in [2.05, 4.69) is 28.3 Å². The largest absolute Gasteiger partial charge is 2.00 e. The number of benzene rings is 4. The van der Waals surface area contributed by atoms with Crippen LogP contribution in [-0.4, -0.2) is 226 Å². The zero-order chi connectivity index (χ0) is 76.9. The average molecular weight is 1560 g/mol. The predicted molar refractivity (Wildman–Crippen MR) is 396 cm³/mol. The Hall–Kier alpha value is -5.60. The molecule has 0 bridgehead atoms. The van der Waals surface area contributed by atoms with Crippen molar-refractivity contribution in [1.82, 2.24) is 14.5 Å². The average Bonchev–Trinajstić information content (AvgIpc) is 1.62. The van der Waals surface area contributed by atoms with Gasteiger partial charge in [0.05, 0.1) is 66.3 Å². The second-order valence-electron chi connectivity index (χ2n) is 26.8. The van der Waals surface area contributed by atoms with Crippen LogP contribution >= 0.6 is 0 Å². The Bertz CT molecular complexity index is 4120. The van der Waals surface area contributed by atoms with E-state index < -0.39 is 108 Å². The third-order valence-electron chi connectivity index (χ3n) is 17.8. The molecule has 8 rings (SSSR count). The van der Waals surface area contributed by atoms with Gasteiger partial charge in [-0.3, -0.25) is 9.59 Å². The Balaban J connectivity index is 0.000000417. The third kappa shape index (κ3) is 29.2. The van der Waals surface area contributed by atoms with Gasteiger partial charge in [0.25, 0.3) is 5.91 Å². The molecule has 0 radical (unpaired) electrons. The van der Waals surface area contributed by atoms with Crippen LogP contribution in [0.5, 0.6) is 0 Å². The van der Waals surface area contributed by atoms with E-state index in [0.717, 1.165) is 21.7 Å². The minimum Gasteiger partial charge on any atom is -0.550 e. The number of rotatable bonds is 31. The molecular weight excluding hydrogens is 1470 g/mol. The summed E-state index contributed by atoms with van der Waals surface area (Å²) in [6, 6.07) is 29.7. The Morgan fingerprint density at radius 1 is 0.701 bits per heavy atom. The van der Waals surface area contributed by atoms with Crippen LogP contribution in [0.4, 0.5) is 20.4 Å². The molecule has 1 amide bonds. The number of allylic oxidation sites excluding steroid dienone is 2. The number of esters is 1. The van der Waals surface area contributed by atoms with Gasteiger partial charge in [-0.1, -0.05) is 132 Å². The zero-order valence-corrected chi connectivity index (χ0v) is 69.3. The number of fused-ring (bicyclic) bond motifs is 1. The van der Waals surface area contributed by atoms with E-state index in [9.17, 15) is 92.2 Å². The fourth-order valence-electron chi connectivity index (χ4n) is 12.4. The normalized spacial score (nSPS) is 18.0. The minimum absolute atomic E-state index is 0. The molecule has 0 aliphatic heterocycles. The van der Waals surface area contributed by atoms with Gasteiger partial charge in [0.2, 0.25) is 16.0 Å². The Labute approximate surface area is 706 Å². The van der Waals surface area contributed by atoms with Crippen LogP contribution in [0, 0.1) is 35.3 Å². The van der Waals surface area contributed by atoms with E-state index >= 15 is 0 Å². The fraction of sp³-hybridized carbons (Fsp3) is 0.423. The first-order valence-corrected chi connectivity index (χ1v) is 36.3. The number of hydrogen-bond acceptors (Lipinski definition) is 20. The van der Waals surface area contributed by atoms with Crippen LogP contribution in [0.3, 0.4) is 0 Å². The predicted octanol–water partition coefficient (Wildman–Crippen LogP) is 3.47. The number of amides is 1. The second kappa shape index (κ2) is 45.7. The van der Waals surface area contributed by atoms with Gasteiger partial charge in [0.1, 0.15) is 23.4 Å². The number of halogens is 2. The maximum absolute atomic E-state index is 14.0. The van der Waals surface area contributed by atoms with Gasteiger partial charge >= 0.3 is 111 Å². The van der Waals surface area contributed by atoms with Crippen molar-refractivity contribution in [1.29, 1.82) is 0 Å². The molecule has 0 spiro atoms. The Morgan fingerprint density at radius 2 is 1.20 bits per heavy atom. The van der Waals surface area contributed by atoms with E-state index in [1.165, 1.54) is 61.7 Å². The van der Waals surface area contributed by atoms with Crippen LogP contribution in [0.25, 0.3) is 45.7 Å². The van der Waals surface area contributed by atoms with Gasteiger partial charge in [-0.15, -0.1) is 0 Å². The van der Waals surface area contributed by atoms with Crippen molar-refractivity contribution >= 4 is 139 Å². The summed E-state index contributed by atoms with van der Waals surface area (Å²) in [7, 11) is -2.34. The molecule has 0 saturated heterocycles. The van der Waals surface area contributed by atoms with Crippen LogP contribution < -0.4 is 54.5 Å². The number of carbonyl (C=O) groups excluding carboxylic acids is 5. The van der Waals surface area contributed by atoms with Gasteiger partial charge in [-0.05, 0) is 129 Å². The molecule has 4 aromatic carbocycles. The van der Waals surface area contributed by atoms with Crippen molar-refractivity contribution in [3.05, 3.63) is 179 Å². The molecule has 0 saturated carbocycles. The second-order valence-corrected chi connectivity index (χ2v) is 28.9. The number of carboxylic acid groups (broad SMARTS) is 3. The first-order valence-electron chi connectivity index (χ1n) is 34.5. The monoisotopic (exact) mass is 1560 g/mol. The molecule has 2 aliphatic rings. The molecule has 562 valence electrons.